The number of likely N-dealkylation sites (tertiary alicyclic amines) is 1. The molecule has 2 fully saturated rings. The fraction of sp³-hybridized carbons (Fsp3) is 0.311. The molecule has 4 N–H and O–H groups in total. The Morgan fingerprint density at radius 2 is 1.56 bits per heavy atom. The van der Waals surface area contributed by atoms with Gasteiger partial charge in [-0.2, -0.15) is 0 Å². The van der Waals surface area contributed by atoms with Crippen LogP contribution in [0.25, 0.3) is 11.1 Å². The molecule has 7 amide bonds. The number of nitrogens with one attached hydrogen (secondary N) is 3. The van der Waals surface area contributed by atoms with E-state index in [1.807, 2.05) is 24.3 Å². The fourth-order valence-electron chi connectivity index (χ4n) is 8.58. The summed E-state index contributed by atoms with van der Waals surface area (Å²) >= 11 is 0. The molecule has 1 aromatic heterocycles. The number of methoxy groups -OCH3 is 1. The van der Waals surface area contributed by atoms with E-state index in [1.165, 1.54) is 25.4 Å². The summed E-state index contributed by atoms with van der Waals surface area (Å²) in [5, 5.41) is 19.2. The fourth-order valence-corrected chi connectivity index (χ4v) is 8.58. The van der Waals surface area contributed by atoms with E-state index < -0.39 is 47.1 Å². The van der Waals surface area contributed by atoms with Crippen LogP contribution in [0.5, 0.6) is 11.5 Å². The molecule has 2 saturated heterocycles. The molecule has 62 heavy (non-hydrogen) atoms. The van der Waals surface area contributed by atoms with E-state index in [2.05, 4.69) is 20.9 Å². The normalized spacial score (nSPS) is 18.1. The van der Waals surface area contributed by atoms with Gasteiger partial charge in [-0.25, -0.2) is 9.78 Å². The van der Waals surface area contributed by atoms with Crippen molar-refractivity contribution < 1.29 is 52.9 Å². The summed E-state index contributed by atoms with van der Waals surface area (Å²) in [4.78, 5) is 110. The number of aromatic hydroxyl groups is 1. The first kappa shape index (κ1) is 41.3. The van der Waals surface area contributed by atoms with Gasteiger partial charge in [0.25, 0.3) is 23.6 Å². The Kier molecular flexibility index (Phi) is 11.3. The van der Waals surface area contributed by atoms with Crippen LogP contribution < -0.4 is 20.7 Å². The molecule has 0 bridgehead atoms. The lowest BCUT2D eigenvalue weighted by Crippen LogP contribution is -2.56. The number of pyridine rings is 1. The third kappa shape index (κ3) is 7.84. The number of benzene rings is 3. The number of rotatable bonds is 11. The molecule has 4 heterocycles. The molecule has 318 valence electrons. The lowest BCUT2D eigenvalue weighted by Gasteiger charge is -2.32. The second-order valence-corrected chi connectivity index (χ2v) is 15.6. The molecule has 3 aromatic carbocycles. The molecule has 0 spiro atoms. The first-order chi connectivity index (χ1) is 29.9. The number of hydrogen-bond acceptors (Lipinski definition) is 12. The number of fused-ring (bicyclic) bond motifs is 2. The lowest BCUT2D eigenvalue weighted by atomic mass is 9.95. The van der Waals surface area contributed by atoms with Crippen molar-refractivity contribution in [3.63, 3.8) is 0 Å². The molecule has 17 nitrogen and oxygen atoms in total. The Hall–Kier alpha value is -7.43. The lowest BCUT2D eigenvalue weighted by molar-refractivity contribution is -0.148. The summed E-state index contributed by atoms with van der Waals surface area (Å²) in [5.74, 6) is -4.66. The standard InChI is InChI=1S/C45H42N6O11/c1-61-44(60)45(23-27-5-2-3-6-28(27)24-45)49-41(57)37-38(54)30(15-19-46-37)25-9-11-26(12-10-25)39(55)47-29-16-20-50(21-17-29)35(53)18-22-62-33-8-4-7-31-36(33)43(59)51(42(31)58)32-13-14-34(52)48-40(32)56/h2-12,15,19,29,32,54H,13-14,16-18,20-24H2,1H3,(H,47,55)(H,49,57)(H,48,52,56). The first-order valence-corrected chi connectivity index (χ1v) is 20.2. The van der Waals surface area contributed by atoms with Crippen LogP contribution in [0, 0.1) is 0 Å². The molecule has 0 radical (unpaired) electrons. The molecule has 17 heteroatoms. The van der Waals surface area contributed by atoms with Crippen molar-refractivity contribution in [2.75, 3.05) is 26.8 Å². The van der Waals surface area contributed by atoms with Gasteiger partial charge in [-0.15, -0.1) is 0 Å². The van der Waals surface area contributed by atoms with Crippen molar-refractivity contribution in [1.82, 2.24) is 30.7 Å². The summed E-state index contributed by atoms with van der Waals surface area (Å²) in [5.41, 5.74) is 1.46. The molecule has 8 rings (SSSR count). The average molecular weight is 843 g/mol. The number of hydrogen-bond donors (Lipinski definition) is 4. The molecule has 1 atom stereocenters. The highest BCUT2D eigenvalue weighted by molar-refractivity contribution is 6.24. The third-order valence-electron chi connectivity index (χ3n) is 11.8. The Labute approximate surface area is 354 Å². The van der Waals surface area contributed by atoms with Gasteiger partial charge in [0, 0.05) is 55.7 Å². The van der Waals surface area contributed by atoms with E-state index in [9.17, 15) is 43.5 Å². The molecule has 1 aliphatic carbocycles. The SMILES string of the molecule is COC(=O)C1(NC(=O)c2nccc(-c3ccc(C(=O)NC4CCN(C(=O)CCOc5cccc6c5C(=O)N(C5CCC(=O)NC5=O)C6=O)CC4)cc3)c2O)Cc2ccccc2C1. The predicted molar refractivity (Wildman–Crippen MR) is 218 cm³/mol. The van der Waals surface area contributed by atoms with E-state index in [4.69, 9.17) is 9.47 Å². The Morgan fingerprint density at radius 3 is 2.24 bits per heavy atom. The number of piperidine rings is 2. The third-order valence-corrected chi connectivity index (χ3v) is 11.8. The first-order valence-electron chi connectivity index (χ1n) is 20.2. The van der Waals surface area contributed by atoms with Gasteiger partial charge < -0.3 is 30.1 Å². The number of aromatic nitrogens is 1. The number of imide groups is 2. The molecular formula is C45H42N6O11. The Bertz CT molecular complexity index is 2510. The summed E-state index contributed by atoms with van der Waals surface area (Å²) in [6.07, 6.45) is 2.87. The number of amides is 7. The topological polar surface area (TPSA) is 231 Å². The van der Waals surface area contributed by atoms with Crippen molar-refractivity contribution in [1.29, 1.82) is 0 Å². The van der Waals surface area contributed by atoms with Crippen molar-refractivity contribution in [3.05, 3.63) is 113 Å². The number of carbonyl (C=O) groups excluding carboxylic acids is 8. The summed E-state index contributed by atoms with van der Waals surface area (Å²) in [6.45, 7) is 0.712. The van der Waals surface area contributed by atoms with Crippen LogP contribution in [0.2, 0.25) is 0 Å². The summed E-state index contributed by atoms with van der Waals surface area (Å²) in [7, 11) is 1.25. The molecular weight excluding hydrogens is 801 g/mol. The van der Waals surface area contributed by atoms with Gasteiger partial charge in [0.2, 0.25) is 17.7 Å². The van der Waals surface area contributed by atoms with Crippen molar-refractivity contribution in [2.24, 2.45) is 0 Å². The van der Waals surface area contributed by atoms with Crippen LogP contribution in [-0.2, 0) is 36.8 Å². The quantitative estimate of drug-likeness (QED) is 0.126. The second kappa shape index (κ2) is 16.9. The predicted octanol–water partition coefficient (Wildman–Crippen LogP) is 2.49. The number of esters is 1. The zero-order chi connectivity index (χ0) is 43.7. The maximum Gasteiger partial charge on any atom is 0.332 e. The Morgan fingerprint density at radius 1 is 0.855 bits per heavy atom. The minimum Gasteiger partial charge on any atom is -0.505 e. The van der Waals surface area contributed by atoms with Crippen LogP contribution in [0.15, 0.2) is 79.0 Å². The van der Waals surface area contributed by atoms with Gasteiger partial charge in [0.05, 0.1) is 31.3 Å². The van der Waals surface area contributed by atoms with Crippen molar-refractivity contribution in [2.45, 2.75) is 62.6 Å². The minimum absolute atomic E-state index is 0.000337. The maximum atomic E-state index is 13.5. The van der Waals surface area contributed by atoms with E-state index in [1.54, 1.807) is 41.3 Å². The van der Waals surface area contributed by atoms with E-state index >= 15 is 0 Å². The zero-order valence-corrected chi connectivity index (χ0v) is 33.6. The second-order valence-electron chi connectivity index (χ2n) is 15.6. The monoisotopic (exact) mass is 842 g/mol. The number of nitrogens with zero attached hydrogens (tertiary/aromatic N) is 3. The van der Waals surface area contributed by atoms with Gasteiger partial charge in [0.15, 0.2) is 11.4 Å². The summed E-state index contributed by atoms with van der Waals surface area (Å²) < 4.78 is 10.9. The van der Waals surface area contributed by atoms with Crippen LogP contribution in [0.4, 0.5) is 0 Å². The number of ether oxygens (including phenoxy) is 2. The molecule has 1 unspecified atom stereocenters. The zero-order valence-electron chi connectivity index (χ0n) is 33.6. The van der Waals surface area contributed by atoms with Crippen LogP contribution >= 0.6 is 0 Å². The van der Waals surface area contributed by atoms with Crippen LogP contribution in [0.3, 0.4) is 0 Å². The van der Waals surface area contributed by atoms with Gasteiger partial charge >= 0.3 is 5.97 Å². The van der Waals surface area contributed by atoms with Crippen molar-refractivity contribution in [3.8, 4) is 22.6 Å². The largest absolute Gasteiger partial charge is 0.505 e. The van der Waals surface area contributed by atoms with E-state index in [0.717, 1.165) is 16.0 Å². The van der Waals surface area contributed by atoms with Gasteiger partial charge in [-0.1, -0.05) is 42.5 Å². The number of carbonyl (C=O) groups is 8. The highest BCUT2D eigenvalue weighted by Gasteiger charge is 2.48. The van der Waals surface area contributed by atoms with Gasteiger partial charge in [-0.05, 0) is 66.3 Å². The smallest absolute Gasteiger partial charge is 0.332 e. The summed E-state index contributed by atoms with van der Waals surface area (Å²) in [6, 6.07) is 18.7. The van der Waals surface area contributed by atoms with E-state index in [-0.39, 0.29) is 84.9 Å². The Balaban J connectivity index is 0.820. The van der Waals surface area contributed by atoms with E-state index in [0.29, 0.717) is 42.6 Å². The van der Waals surface area contributed by atoms with Gasteiger partial charge in [-0.3, -0.25) is 43.8 Å². The molecule has 4 aromatic rings. The molecule has 0 saturated carbocycles. The minimum atomic E-state index is -1.36. The molecule has 3 aliphatic heterocycles. The maximum absolute atomic E-state index is 13.5. The van der Waals surface area contributed by atoms with Crippen LogP contribution in [0.1, 0.15) is 84.8 Å². The van der Waals surface area contributed by atoms with Gasteiger partial charge in [0.1, 0.15) is 17.3 Å². The molecule has 4 aliphatic rings. The van der Waals surface area contributed by atoms with Crippen molar-refractivity contribution >= 4 is 47.3 Å². The average Bonchev–Trinajstić information content (AvgIpc) is 3.78. The van der Waals surface area contributed by atoms with Crippen LogP contribution in [-0.4, -0.2) is 112 Å². The highest BCUT2D eigenvalue weighted by Crippen LogP contribution is 2.36. The highest BCUT2D eigenvalue weighted by atomic mass is 16.5.